The number of quaternary nitrogens is 1. The second-order valence-corrected chi connectivity index (χ2v) is 21.9. The van der Waals surface area contributed by atoms with Crippen LogP contribution >= 0.6 is 7.82 Å². The summed E-state index contributed by atoms with van der Waals surface area (Å²) in [6.45, 7) is 6.63. The van der Waals surface area contributed by atoms with Gasteiger partial charge in [0.1, 0.15) is 19.3 Å². The Morgan fingerprint density at radius 1 is 0.514 bits per heavy atom. The van der Waals surface area contributed by atoms with Crippen molar-refractivity contribution in [1.29, 1.82) is 0 Å². The van der Waals surface area contributed by atoms with E-state index in [-0.39, 0.29) is 31.3 Å². The van der Waals surface area contributed by atoms with Crippen molar-refractivity contribution in [3.63, 3.8) is 0 Å². The zero-order valence-corrected chi connectivity index (χ0v) is 48.0. The number of carbonyl (C=O) groups is 2. The van der Waals surface area contributed by atoms with E-state index < -0.39 is 26.6 Å². The van der Waals surface area contributed by atoms with Gasteiger partial charge in [-0.15, -0.1) is 0 Å². The molecule has 0 radical (unpaired) electrons. The molecule has 0 fully saturated rings. The largest absolute Gasteiger partial charge is 0.756 e. The number of unbranched alkanes of at least 4 members (excludes halogenated alkanes) is 23. The lowest BCUT2D eigenvalue weighted by atomic mass is 10.0. The van der Waals surface area contributed by atoms with E-state index in [4.69, 9.17) is 13.8 Å². The highest BCUT2D eigenvalue weighted by molar-refractivity contribution is 7.45. The van der Waals surface area contributed by atoms with Crippen molar-refractivity contribution >= 4 is 19.7 Å². The van der Waals surface area contributed by atoms with Crippen molar-refractivity contribution in [2.24, 2.45) is 0 Å². The highest BCUT2D eigenvalue weighted by Gasteiger charge is 2.27. The Labute approximate surface area is 443 Å². The number of hydrogen-bond donors (Lipinski definition) is 1. The van der Waals surface area contributed by atoms with Gasteiger partial charge in [-0.05, 0) is 96.0 Å². The lowest BCUT2D eigenvalue weighted by Gasteiger charge is -2.30. The van der Waals surface area contributed by atoms with Gasteiger partial charge in [0.2, 0.25) is 5.91 Å². The van der Waals surface area contributed by atoms with Crippen LogP contribution in [0.5, 0.6) is 0 Å². The van der Waals surface area contributed by atoms with E-state index in [0.717, 1.165) is 109 Å². The summed E-state index contributed by atoms with van der Waals surface area (Å²) in [5, 5.41) is 3.00. The molecule has 3 unspecified atom stereocenters. The summed E-state index contributed by atoms with van der Waals surface area (Å²) in [7, 11) is 1.14. The molecule has 0 aliphatic carbocycles. The predicted molar refractivity (Wildman–Crippen MR) is 307 cm³/mol. The lowest BCUT2D eigenvalue weighted by Crippen LogP contribution is -2.47. The molecule has 1 N–H and O–H groups in total. The fraction of sp³-hybridized carbons (Fsp3) is 0.710. The number of esters is 1. The first-order chi connectivity index (χ1) is 34.9. The van der Waals surface area contributed by atoms with Gasteiger partial charge in [-0.2, -0.15) is 0 Å². The molecule has 1 amide bonds. The third-order valence-electron chi connectivity index (χ3n) is 12.3. The number of rotatable bonds is 51. The first kappa shape index (κ1) is 68.9. The van der Waals surface area contributed by atoms with Gasteiger partial charge in [-0.25, -0.2) is 0 Å². The SMILES string of the molecule is CC/C=C/C=C/C=C\CCCCCCCC(=O)OC(/C=C\CCCCCCCCCCCC)C(COP(=O)([O-])OCC[N+](C)(C)C)NC(=O)CCCCCCC/C=C\C/C=C\C/C=C\C/C=C\CCCCC. The van der Waals surface area contributed by atoms with Gasteiger partial charge in [0.05, 0.1) is 33.8 Å². The number of carbonyl (C=O) groups excluding carboxylic acids is 2. The highest BCUT2D eigenvalue weighted by Crippen LogP contribution is 2.38. The zero-order chi connectivity index (χ0) is 52.9. The molecule has 0 aromatic carbocycles. The second-order valence-electron chi connectivity index (χ2n) is 20.5. The normalized spacial score (nSPS) is 14.5. The second kappa shape index (κ2) is 51.4. The van der Waals surface area contributed by atoms with E-state index in [1.54, 1.807) is 0 Å². The molecule has 0 heterocycles. The minimum atomic E-state index is -4.71. The molecule has 0 bridgehead atoms. The number of phosphoric ester groups is 1. The number of phosphoric acid groups is 1. The highest BCUT2D eigenvalue weighted by atomic mass is 31.2. The number of nitrogens with one attached hydrogen (secondary N) is 1. The summed E-state index contributed by atoms with van der Waals surface area (Å²) < 4.78 is 30.2. The predicted octanol–water partition coefficient (Wildman–Crippen LogP) is 17.0. The van der Waals surface area contributed by atoms with Gasteiger partial charge in [0.15, 0.2) is 0 Å². The molecule has 10 heteroatoms. The standard InChI is InChI=1S/C62H109N2O7P/c1-7-10-13-16-19-22-25-28-29-30-31-32-33-34-35-37-39-42-45-48-51-54-61(65)63-59(58-70-72(67,68)69-57-56-64(4,5)6)60(53-50-47-44-41-38-27-24-21-18-15-12-9-3)71-62(66)55-52-49-46-43-40-36-26-23-20-17-14-11-8-2/h11,14,17,19-20,22-23,26,28-29,31-32,34-35,50,53,59-60H,7-10,12-13,15-16,18,21,24-25,27,30,33,36-49,51-52,54-58H2,1-6H3,(H-,63,65,67,68)/b14-11+,20-17+,22-19-,26-23-,29-28-,32-31-,35-34-,53-50-. The zero-order valence-electron chi connectivity index (χ0n) is 47.1. The van der Waals surface area contributed by atoms with Crippen LogP contribution in [0, 0.1) is 0 Å². The van der Waals surface area contributed by atoms with E-state index in [1.807, 2.05) is 39.4 Å². The van der Waals surface area contributed by atoms with E-state index in [1.165, 1.54) is 77.0 Å². The minimum absolute atomic E-state index is 0.0347. The maximum absolute atomic E-state index is 13.5. The Morgan fingerprint density at radius 3 is 1.47 bits per heavy atom. The quantitative estimate of drug-likeness (QED) is 0.0161. The molecule has 9 nitrogen and oxygen atoms in total. The van der Waals surface area contributed by atoms with Crippen LogP contribution in [0.4, 0.5) is 0 Å². The summed E-state index contributed by atoms with van der Waals surface area (Å²) >= 11 is 0. The molecule has 0 aliphatic heterocycles. The molecular formula is C62H109N2O7P. The number of hydrogen-bond acceptors (Lipinski definition) is 7. The average Bonchev–Trinajstić information content (AvgIpc) is 3.34. The Hall–Kier alpha value is -3.07. The summed E-state index contributed by atoms with van der Waals surface area (Å²) in [6, 6.07) is -0.911. The Balaban J connectivity index is 5.35. The molecule has 0 rings (SSSR count). The number of allylic oxidation sites excluding steroid dienone is 15. The van der Waals surface area contributed by atoms with Gasteiger partial charge in [0.25, 0.3) is 7.82 Å². The van der Waals surface area contributed by atoms with E-state index in [0.29, 0.717) is 23.9 Å². The smallest absolute Gasteiger partial charge is 0.306 e. The van der Waals surface area contributed by atoms with E-state index >= 15 is 0 Å². The molecule has 72 heavy (non-hydrogen) atoms. The van der Waals surface area contributed by atoms with Crippen LogP contribution in [0.1, 0.15) is 233 Å². The van der Waals surface area contributed by atoms with Crippen LogP contribution in [-0.2, 0) is 27.9 Å². The molecule has 3 atom stereocenters. The van der Waals surface area contributed by atoms with Gasteiger partial charge in [-0.1, -0.05) is 221 Å². The van der Waals surface area contributed by atoms with Crippen LogP contribution in [0.2, 0.25) is 0 Å². The van der Waals surface area contributed by atoms with Gasteiger partial charge >= 0.3 is 5.97 Å². The summed E-state index contributed by atoms with van der Waals surface area (Å²) in [5.41, 5.74) is 0. The first-order valence-corrected chi connectivity index (χ1v) is 30.5. The molecule has 0 aromatic heterocycles. The fourth-order valence-corrected chi connectivity index (χ4v) is 8.52. The Kier molecular flexibility index (Phi) is 49.2. The maximum atomic E-state index is 13.5. The molecular weight excluding hydrogens is 916 g/mol. The van der Waals surface area contributed by atoms with Crippen LogP contribution in [0.3, 0.4) is 0 Å². The molecule has 0 aromatic rings. The van der Waals surface area contributed by atoms with Crippen molar-refractivity contribution in [1.82, 2.24) is 5.32 Å². The summed E-state index contributed by atoms with van der Waals surface area (Å²) in [4.78, 5) is 39.8. The Bertz CT molecular complexity index is 1560. The lowest BCUT2D eigenvalue weighted by molar-refractivity contribution is -0.870. The third kappa shape index (κ3) is 51.8. The molecule has 0 saturated heterocycles. The molecule has 0 aliphatic rings. The topological polar surface area (TPSA) is 114 Å². The first-order valence-electron chi connectivity index (χ1n) is 29.1. The summed E-state index contributed by atoms with van der Waals surface area (Å²) in [6.07, 6.45) is 68.0. The number of ether oxygens (including phenoxy) is 1. The van der Waals surface area contributed by atoms with Crippen LogP contribution in [0.15, 0.2) is 97.2 Å². The Morgan fingerprint density at radius 2 is 0.944 bits per heavy atom. The van der Waals surface area contributed by atoms with Gasteiger partial charge in [-0.3, -0.25) is 14.2 Å². The van der Waals surface area contributed by atoms with Crippen molar-refractivity contribution < 1.29 is 37.3 Å². The average molecular weight is 1030 g/mol. The van der Waals surface area contributed by atoms with Gasteiger partial charge in [0, 0.05) is 12.8 Å². The van der Waals surface area contributed by atoms with Crippen molar-refractivity contribution in [3.05, 3.63) is 97.2 Å². The van der Waals surface area contributed by atoms with Crippen molar-refractivity contribution in [2.45, 2.75) is 245 Å². The molecule has 0 spiro atoms. The fourth-order valence-electron chi connectivity index (χ4n) is 7.80. The maximum Gasteiger partial charge on any atom is 0.306 e. The minimum Gasteiger partial charge on any atom is -0.756 e. The van der Waals surface area contributed by atoms with E-state index in [9.17, 15) is 19.0 Å². The van der Waals surface area contributed by atoms with Crippen LogP contribution < -0.4 is 10.2 Å². The van der Waals surface area contributed by atoms with Crippen LogP contribution in [0.25, 0.3) is 0 Å². The summed E-state index contributed by atoms with van der Waals surface area (Å²) in [5.74, 6) is -0.593. The van der Waals surface area contributed by atoms with Crippen molar-refractivity contribution in [3.8, 4) is 0 Å². The number of amides is 1. The number of nitrogens with zero attached hydrogens (tertiary/aromatic N) is 1. The number of likely N-dealkylation sites (N-methyl/N-ethyl adjacent to an activating group) is 1. The third-order valence-corrected chi connectivity index (χ3v) is 13.3. The molecule has 0 saturated carbocycles. The van der Waals surface area contributed by atoms with Crippen LogP contribution in [-0.4, -0.2) is 69.4 Å². The molecule has 414 valence electrons. The van der Waals surface area contributed by atoms with Crippen molar-refractivity contribution in [2.75, 3.05) is 40.9 Å². The monoisotopic (exact) mass is 1020 g/mol. The van der Waals surface area contributed by atoms with Gasteiger partial charge < -0.3 is 28.5 Å². The van der Waals surface area contributed by atoms with E-state index in [2.05, 4.69) is 105 Å².